The van der Waals surface area contributed by atoms with Crippen LogP contribution in [0.1, 0.15) is 20.8 Å². The minimum absolute atomic E-state index is 0.0643. The standard InChI is InChI=1S/C11H22N4O4/c1-11(2,3)19-10(17)15(5-4-13-14-12)6-8-18-9-7-16/h16H,4-9H2,1-3H3. The lowest BCUT2D eigenvalue weighted by molar-refractivity contribution is 0.0161. The fourth-order valence-corrected chi connectivity index (χ4v) is 1.17. The van der Waals surface area contributed by atoms with Gasteiger partial charge in [0.05, 0.1) is 19.8 Å². The van der Waals surface area contributed by atoms with Crippen molar-refractivity contribution in [3.8, 4) is 0 Å². The average Bonchev–Trinajstić information content (AvgIpc) is 2.30. The second kappa shape index (κ2) is 9.43. The van der Waals surface area contributed by atoms with E-state index in [1.54, 1.807) is 20.8 Å². The first-order chi connectivity index (χ1) is 8.90. The monoisotopic (exact) mass is 274 g/mol. The van der Waals surface area contributed by atoms with Crippen molar-refractivity contribution in [1.82, 2.24) is 4.90 Å². The van der Waals surface area contributed by atoms with Crippen molar-refractivity contribution in [1.29, 1.82) is 0 Å². The van der Waals surface area contributed by atoms with Crippen LogP contribution in [0.4, 0.5) is 4.79 Å². The highest BCUT2D eigenvalue weighted by molar-refractivity contribution is 5.68. The summed E-state index contributed by atoms with van der Waals surface area (Å²) in [6, 6.07) is 0. The average molecular weight is 274 g/mol. The molecule has 0 spiro atoms. The summed E-state index contributed by atoms with van der Waals surface area (Å²) in [6.07, 6.45) is -0.478. The lowest BCUT2D eigenvalue weighted by Crippen LogP contribution is -2.40. The summed E-state index contributed by atoms with van der Waals surface area (Å²) in [4.78, 5) is 15.9. The maximum atomic E-state index is 11.9. The van der Waals surface area contributed by atoms with E-state index in [9.17, 15) is 4.79 Å². The molecule has 0 atom stereocenters. The van der Waals surface area contributed by atoms with Crippen LogP contribution in [0, 0.1) is 0 Å². The van der Waals surface area contributed by atoms with E-state index in [4.69, 9.17) is 20.1 Å². The minimum atomic E-state index is -0.584. The third kappa shape index (κ3) is 10.1. The van der Waals surface area contributed by atoms with Crippen molar-refractivity contribution in [2.45, 2.75) is 26.4 Å². The van der Waals surface area contributed by atoms with Gasteiger partial charge in [0.15, 0.2) is 0 Å². The lowest BCUT2D eigenvalue weighted by Gasteiger charge is -2.27. The van der Waals surface area contributed by atoms with Crippen molar-refractivity contribution in [2.24, 2.45) is 5.11 Å². The van der Waals surface area contributed by atoms with Crippen LogP contribution < -0.4 is 0 Å². The highest BCUT2D eigenvalue weighted by Gasteiger charge is 2.21. The van der Waals surface area contributed by atoms with Crippen LogP contribution in [0.2, 0.25) is 0 Å². The lowest BCUT2D eigenvalue weighted by atomic mass is 10.2. The fraction of sp³-hybridized carbons (Fsp3) is 0.909. The van der Waals surface area contributed by atoms with Crippen LogP contribution in [-0.4, -0.2) is 61.2 Å². The molecule has 0 rings (SSSR count). The van der Waals surface area contributed by atoms with Gasteiger partial charge in [-0.05, 0) is 26.3 Å². The zero-order valence-electron chi connectivity index (χ0n) is 11.7. The van der Waals surface area contributed by atoms with Crippen molar-refractivity contribution >= 4 is 6.09 Å². The SMILES string of the molecule is CC(C)(C)OC(=O)N(CCN=[N+]=[N-])CCOCCO. The molecule has 0 radical (unpaired) electrons. The summed E-state index contributed by atoms with van der Waals surface area (Å²) in [6.45, 7) is 6.53. The van der Waals surface area contributed by atoms with Crippen molar-refractivity contribution in [3.63, 3.8) is 0 Å². The Kier molecular flexibility index (Phi) is 8.69. The van der Waals surface area contributed by atoms with Gasteiger partial charge in [0.1, 0.15) is 5.60 Å². The summed E-state index contributed by atoms with van der Waals surface area (Å²) in [5.74, 6) is 0. The largest absolute Gasteiger partial charge is 0.444 e. The molecule has 0 saturated heterocycles. The number of aliphatic hydroxyl groups excluding tert-OH is 1. The summed E-state index contributed by atoms with van der Waals surface area (Å²) in [5.41, 5.74) is 7.64. The zero-order valence-corrected chi connectivity index (χ0v) is 11.7. The normalized spacial score (nSPS) is 10.7. The molecule has 0 unspecified atom stereocenters. The van der Waals surface area contributed by atoms with Gasteiger partial charge in [-0.1, -0.05) is 5.11 Å². The molecule has 0 bridgehead atoms. The van der Waals surface area contributed by atoms with E-state index in [0.29, 0.717) is 6.54 Å². The Morgan fingerprint density at radius 2 is 2.05 bits per heavy atom. The van der Waals surface area contributed by atoms with Crippen molar-refractivity contribution in [2.75, 3.05) is 39.5 Å². The highest BCUT2D eigenvalue weighted by atomic mass is 16.6. The maximum absolute atomic E-state index is 11.9. The number of carbonyl (C=O) groups is 1. The Labute approximate surface area is 112 Å². The predicted molar refractivity (Wildman–Crippen MR) is 69.7 cm³/mol. The molecule has 0 aromatic carbocycles. The van der Waals surface area contributed by atoms with Gasteiger partial charge in [0.25, 0.3) is 0 Å². The van der Waals surface area contributed by atoms with E-state index < -0.39 is 11.7 Å². The fourth-order valence-electron chi connectivity index (χ4n) is 1.17. The molecular formula is C11H22N4O4. The van der Waals surface area contributed by atoms with E-state index >= 15 is 0 Å². The molecule has 0 aliphatic carbocycles. The number of hydrogen-bond acceptors (Lipinski definition) is 5. The second-order valence-corrected chi connectivity index (χ2v) is 4.76. The van der Waals surface area contributed by atoms with Gasteiger partial charge >= 0.3 is 6.09 Å². The number of azide groups is 1. The van der Waals surface area contributed by atoms with Gasteiger partial charge < -0.3 is 19.5 Å². The number of nitrogens with zero attached hydrogens (tertiary/aromatic N) is 4. The number of hydrogen-bond donors (Lipinski definition) is 1. The summed E-state index contributed by atoms with van der Waals surface area (Å²) in [7, 11) is 0. The summed E-state index contributed by atoms with van der Waals surface area (Å²) >= 11 is 0. The first-order valence-corrected chi connectivity index (χ1v) is 6.08. The Hall–Kier alpha value is -1.50. The Bertz CT molecular complexity index is 310. The number of carbonyl (C=O) groups excluding carboxylic acids is 1. The van der Waals surface area contributed by atoms with Crippen molar-refractivity contribution in [3.05, 3.63) is 10.4 Å². The van der Waals surface area contributed by atoms with E-state index in [2.05, 4.69) is 10.0 Å². The van der Waals surface area contributed by atoms with Crippen LogP contribution in [0.3, 0.4) is 0 Å². The van der Waals surface area contributed by atoms with Gasteiger partial charge in [0, 0.05) is 24.5 Å². The number of amides is 1. The third-order valence-corrected chi connectivity index (χ3v) is 1.93. The molecule has 0 saturated carbocycles. The smallest absolute Gasteiger partial charge is 0.410 e. The van der Waals surface area contributed by atoms with E-state index in [1.165, 1.54) is 4.90 Å². The second-order valence-electron chi connectivity index (χ2n) is 4.76. The van der Waals surface area contributed by atoms with Gasteiger partial charge in [-0.2, -0.15) is 0 Å². The quantitative estimate of drug-likeness (QED) is 0.313. The summed E-state index contributed by atoms with van der Waals surface area (Å²) in [5, 5.41) is 12.0. The number of ether oxygens (including phenoxy) is 2. The van der Waals surface area contributed by atoms with Crippen LogP contribution in [0.25, 0.3) is 10.4 Å². The first kappa shape index (κ1) is 17.5. The Morgan fingerprint density at radius 1 is 1.37 bits per heavy atom. The molecular weight excluding hydrogens is 252 g/mol. The van der Waals surface area contributed by atoms with Gasteiger partial charge in [-0.15, -0.1) is 0 Å². The zero-order chi connectivity index (χ0) is 14.7. The van der Waals surface area contributed by atoms with Crippen LogP contribution >= 0.6 is 0 Å². The summed E-state index contributed by atoms with van der Waals surface area (Å²) < 4.78 is 10.3. The van der Waals surface area contributed by atoms with E-state index in [1.807, 2.05) is 0 Å². The van der Waals surface area contributed by atoms with Crippen LogP contribution in [-0.2, 0) is 9.47 Å². The molecule has 0 aliphatic rings. The van der Waals surface area contributed by atoms with Crippen LogP contribution in [0.15, 0.2) is 5.11 Å². The molecule has 8 nitrogen and oxygen atoms in total. The van der Waals surface area contributed by atoms with Crippen LogP contribution in [0.5, 0.6) is 0 Å². The topological polar surface area (TPSA) is 108 Å². The molecule has 0 aromatic heterocycles. The predicted octanol–water partition coefficient (Wildman–Crippen LogP) is 1.54. The maximum Gasteiger partial charge on any atom is 0.410 e. The molecule has 0 aromatic rings. The molecule has 1 amide bonds. The first-order valence-electron chi connectivity index (χ1n) is 6.08. The van der Waals surface area contributed by atoms with E-state index in [0.717, 1.165) is 0 Å². The van der Waals surface area contributed by atoms with Gasteiger partial charge in [-0.3, -0.25) is 0 Å². The van der Waals surface area contributed by atoms with Gasteiger partial charge in [0.2, 0.25) is 0 Å². The molecule has 19 heavy (non-hydrogen) atoms. The minimum Gasteiger partial charge on any atom is -0.444 e. The number of aliphatic hydroxyl groups is 1. The molecule has 0 aliphatic heterocycles. The third-order valence-electron chi connectivity index (χ3n) is 1.93. The molecule has 0 heterocycles. The Balaban J connectivity index is 4.30. The highest BCUT2D eigenvalue weighted by Crippen LogP contribution is 2.09. The van der Waals surface area contributed by atoms with Gasteiger partial charge in [-0.25, -0.2) is 4.79 Å². The van der Waals surface area contributed by atoms with E-state index in [-0.39, 0.29) is 32.9 Å². The molecule has 8 heteroatoms. The molecule has 1 N–H and O–H groups in total. The number of rotatable bonds is 8. The Morgan fingerprint density at radius 3 is 2.58 bits per heavy atom. The van der Waals surface area contributed by atoms with Crippen molar-refractivity contribution < 1.29 is 19.4 Å². The molecule has 0 fully saturated rings. The molecule has 110 valence electrons.